The summed E-state index contributed by atoms with van der Waals surface area (Å²) < 4.78 is 39.6. The number of benzene rings is 2. The van der Waals surface area contributed by atoms with Crippen molar-refractivity contribution in [2.75, 3.05) is 50.7 Å². The van der Waals surface area contributed by atoms with Gasteiger partial charge in [-0.05, 0) is 36.6 Å². The number of nitrogens with zero attached hydrogens (tertiary/aromatic N) is 3. The molecule has 0 unspecified atom stereocenters. The van der Waals surface area contributed by atoms with Gasteiger partial charge < -0.3 is 15.5 Å². The van der Waals surface area contributed by atoms with E-state index in [1.165, 1.54) is 17.8 Å². The molecule has 2 aromatic carbocycles. The summed E-state index contributed by atoms with van der Waals surface area (Å²) in [6.07, 6.45) is -4.09. The van der Waals surface area contributed by atoms with E-state index in [4.69, 9.17) is 5.73 Å². The second kappa shape index (κ2) is 9.66. The zero-order chi connectivity index (χ0) is 24.3. The molecule has 2 amide bonds. The van der Waals surface area contributed by atoms with E-state index in [0.29, 0.717) is 0 Å². The Bertz CT molecular complexity index is 1010. The molecule has 4 rings (SSSR count). The summed E-state index contributed by atoms with van der Waals surface area (Å²) in [6.45, 7) is 4.04. The molecule has 0 aliphatic carbocycles. The lowest BCUT2D eigenvalue weighted by Crippen LogP contribution is -2.54. The zero-order valence-corrected chi connectivity index (χ0v) is 18.9. The van der Waals surface area contributed by atoms with Crippen molar-refractivity contribution in [3.8, 4) is 0 Å². The van der Waals surface area contributed by atoms with Crippen LogP contribution in [0.5, 0.6) is 0 Å². The largest absolute Gasteiger partial charge is 0.416 e. The Balaban J connectivity index is 1.35. The highest BCUT2D eigenvalue weighted by Gasteiger charge is 2.43. The van der Waals surface area contributed by atoms with Crippen LogP contribution in [0.3, 0.4) is 0 Å². The number of halogens is 3. The summed E-state index contributed by atoms with van der Waals surface area (Å²) in [5.41, 5.74) is 5.10. The van der Waals surface area contributed by atoms with Gasteiger partial charge in [-0.15, -0.1) is 0 Å². The van der Waals surface area contributed by atoms with Crippen molar-refractivity contribution in [2.24, 2.45) is 5.73 Å². The average molecular weight is 475 g/mol. The molecular weight excluding hydrogens is 445 g/mol. The Morgan fingerprint density at radius 3 is 2.12 bits per heavy atom. The molecule has 2 aliphatic rings. The summed E-state index contributed by atoms with van der Waals surface area (Å²) >= 11 is 0. The van der Waals surface area contributed by atoms with E-state index in [9.17, 15) is 22.8 Å². The highest BCUT2D eigenvalue weighted by atomic mass is 19.4. The van der Waals surface area contributed by atoms with Gasteiger partial charge in [0.25, 0.3) is 0 Å². The van der Waals surface area contributed by atoms with Crippen LogP contribution in [0.15, 0.2) is 54.6 Å². The molecule has 9 heteroatoms. The Hall–Kier alpha value is -3.07. The van der Waals surface area contributed by atoms with Gasteiger partial charge in [-0.25, -0.2) is 0 Å². The molecule has 182 valence electrons. The van der Waals surface area contributed by atoms with Gasteiger partial charge in [0, 0.05) is 45.0 Å². The van der Waals surface area contributed by atoms with Gasteiger partial charge in [-0.2, -0.15) is 13.2 Å². The van der Waals surface area contributed by atoms with Crippen LogP contribution < -0.4 is 10.6 Å². The van der Waals surface area contributed by atoms with Crippen molar-refractivity contribution in [1.29, 1.82) is 0 Å². The van der Waals surface area contributed by atoms with Crippen LogP contribution in [0.4, 0.5) is 18.9 Å². The number of para-hydroxylation sites is 1. The first-order valence-electron chi connectivity index (χ1n) is 11.5. The second-order valence-electron chi connectivity index (χ2n) is 9.00. The third kappa shape index (κ3) is 5.04. The number of hydrogen-bond acceptors (Lipinski definition) is 4. The van der Waals surface area contributed by atoms with Gasteiger partial charge in [0.1, 0.15) is 0 Å². The van der Waals surface area contributed by atoms with Crippen LogP contribution in [-0.4, -0.2) is 67.4 Å². The number of primary amides is 1. The first-order chi connectivity index (χ1) is 16.2. The van der Waals surface area contributed by atoms with E-state index in [2.05, 4.69) is 21.9 Å². The zero-order valence-electron chi connectivity index (χ0n) is 18.9. The summed E-state index contributed by atoms with van der Waals surface area (Å²) in [4.78, 5) is 31.4. The van der Waals surface area contributed by atoms with Gasteiger partial charge >= 0.3 is 6.18 Å². The lowest BCUT2D eigenvalue weighted by atomic mass is 9.71. The molecule has 6 nitrogen and oxygen atoms in total. The van der Waals surface area contributed by atoms with Gasteiger partial charge in [0.2, 0.25) is 11.8 Å². The van der Waals surface area contributed by atoms with Crippen molar-refractivity contribution < 1.29 is 22.8 Å². The van der Waals surface area contributed by atoms with E-state index in [1.807, 2.05) is 18.2 Å². The monoisotopic (exact) mass is 474 g/mol. The molecule has 2 heterocycles. The average Bonchev–Trinajstić information content (AvgIpc) is 2.84. The van der Waals surface area contributed by atoms with E-state index >= 15 is 0 Å². The van der Waals surface area contributed by atoms with Crippen molar-refractivity contribution >= 4 is 17.5 Å². The molecule has 0 atom stereocenters. The maximum atomic E-state index is 13.2. The van der Waals surface area contributed by atoms with Gasteiger partial charge in [0.05, 0.1) is 17.5 Å². The SMILES string of the molecule is NC(=O)C1(c2cccc(C(F)(F)F)c2)CCN(C(=O)CN2CCN(c3ccccc3)CC2)CC1. The number of amides is 2. The number of nitrogens with two attached hydrogens (primary N) is 1. The predicted octanol–water partition coefficient (Wildman–Crippen LogP) is 2.87. The number of carbonyl (C=O) groups excluding carboxylic acids is 2. The molecule has 2 fully saturated rings. The molecule has 2 aromatic rings. The van der Waals surface area contributed by atoms with Crippen LogP contribution in [0, 0.1) is 0 Å². The Morgan fingerprint density at radius 1 is 0.882 bits per heavy atom. The van der Waals surface area contributed by atoms with Crippen LogP contribution in [-0.2, 0) is 21.2 Å². The number of piperazine rings is 1. The smallest absolute Gasteiger partial charge is 0.369 e. The van der Waals surface area contributed by atoms with Crippen molar-refractivity contribution in [1.82, 2.24) is 9.80 Å². The maximum Gasteiger partial charge on any atom is 0.416 e. The van der Waals surface area contributed by atoms with E-state index in [0.717, 1.165) is 38.3 Å². The van der Waals surface area contributed by atoms with E-state index in [1.54, 1.807) is 4.90 Å². The standard InChI is InChI=1S/C25H29F3N4O2/c26-25(27,28)20-6-4-5-19(17-20)24(23(29)34)9-11-32(12-10-24)22(33)18-30-13-15-31(16-14-30)21-7-2-1-3-8-21/h1-8,17H,9-16,18H2,(H2,29,34). The maximum absolute atomic E-state index is 13.2. The fourth-order valence-corrected chi connectivity index (χ4v) is 4.90. The lowest BCUT2D eigenvalue weighted by Gasteiger charge is -2.41. The molecule has 2 N–H and O–H groups in total. The third-order valence-electron chi connectivity index (χ3n) is 7.04. The van der Waals surface area contributed by atoms with Crippen molar-refractivity contribution in [3.63, 3.8) is 0 Å². The summed E-state index contributed by atoms with van der Waals surface area (Å²) in [7, 11) is 0. The minimum absolute atomic E-state index is 0.0322. The molecule has 34 heavy (non-hydrogen) atoms. The molecular formula is C25H29F3N4O2. The van der Waals surface area contributed by atoms with Crippen molar-refractivity contribution in [3.05, 3.63) is 65.7 Å². The predicted molar refractivity (Wildman–Crippen MR) is 123 cm³/mol. The molecule has 0 spiro atoms. The Labute approximate surface area is 197 Å². The summed E-state index contributed by atoms with van der Waals surface area (Å²) in [6, 6.07) is 15.0. The van der Waals surface area contributed by atoms with E-state index in [-0.39, 0.29) is 43.9 Å². The normalized spacial score (nSPS) is 19.1. The fraction of sp³-hybridized carbons (Fsp3) is 0.440. The Morgan fingerprint density at radius 2 is 1.53 bits per heavy atom. The first-order valence-corrected chi connectivity index (χ1v) is 11.5. The van der Waals surface area contributed by atoms with Gasteiger partial charge in [-0.3, -0.25) is 14.5 Å². The first kappa shape index (κ1) is 24.1. The topological polar surface area (TPSA) is 69.9 Å². The molecule has 0 radical (unpaired) electrons. The highest BCUT2D eigenvalue weighted by Crippen LogP contribution is 2.38. The number of likely N-dealkylation sites (tertiary alicyclic amines) is 1. The van der Waals surface area contributed by atoms with E-state index < -0.39 is 23.1 Å². The number of alkyl halides is 3. The highest BCUT2D eigenvalue weighted by molar-refractivity contribution is 5.87. The number of rotatable bonds is 5. The molecule has 2 saturated heterocycles. The molecule has 2 aliphatic heterocycles. The van der Waals surface area contributed by atoms with Crippen molar-refractivity contribution in [2.45, 2.75) is 24.4 Å². The Kier molecular flexibility index (Phi) is 6.84. The number of anilines is 1. The third-order valence-corrected chi connectivity index (χ3v) is 7.04. The molecule has 0 bridgehead atoms. The van der Waals surface area contributed by atoms with Crippen LogP contribution in [0.25, 0.3) is 0 Å². The fourth-order valence-electron chi connectivity index (χ4n) is 4.90. The van der Waals surface area contributed by atoms with Gasteiger partial charge in [0.15, 0.2) is 0 Å². The molecule has 0 aromatic heterocycles. The number of hydrogen-bond donors (Lipinski definition) is 1. The minimum Gasteiger partial charge on any atom is -0.369 e. The second-order valence-corrected chi connectivity index (χ2v) is 9.00. The molecule has 0 saturated carbocycles. The number of piperidine rings is 1. The number of carbonyl (C=O) groups is 2. The summed E-state index contributed by atoms with van der Waals surface area (Å²) in [5.74, 6) is -0.689. The van der Waals surface area contributed by atoms with Crippen LogP contribution in [0.1, 0.15) is 24.0 Å². The van der Waals surface area contributed by atoms with Crippen LogP contribution in [0.2, 0.25) is 0 Å². The van der Waals surface area contributed by atoms with Gasteiger partial charge in [-0.1, -0.05) is 36.4 Å². The van der Waals surface area contributed by atoms with Crippen LogP contribution >= 0.6 is 0 Å². The minimum atomic E-state index is -4.50. The quantitative estimate of drug-likeness (QED) is 0.724. The summed E-state index contributed by atoms with van der Waals surface area (Å²) in [5, 5.41) is 0. The lowest BCUT2D eigenvalue weighted by molar-refractivity contribution is -0.138.